The Balaban J connectivity index is 1.89. The van der Waals surface area contributed by atoms with Crippen molar-refractivity contribution >= 4 is 0 Å². The predicted molar refractivity (Wildman–Crippen MR) is 89.6 cm³/mol. The second-order valence-corrected chi connectivity index (χ2v) is 7.37. The summed E-state index contributed by atoms with van der Waals surface area (Å²) in [5.41, 5.74) is 0. The van der Waals surface area contributed by atoms with Crippen LogP contribution >= 0.6 is 0 Å². The Bertz CT molecular complexity index is 344. The van der Waals surface area contributed by atoms with Crippen molar-refractivity contribution < 1.29 is 14.6 Å². The average molecular weight is 310 g/mol. The molecule has 2 rings (SSSR count). The Morgan fingerprint density at radius 1 is 1.27 bits per heavy atom. The molecule has 0 aromatic heterocycles. The van der Waals surface area contributed by atoms with Gasteiger partial charge in [-0.15, -0.1) is 6.58 Å². The van der Waals surface area contributed by atoms with Gasteiger partial charge in [-0.2, -0.15) is 0 Å². The third-order valence-electron chi connectivity index (χ3n) is 5.44. The molecule has 22 heavy (non-hydrogen) atoms. The summed E-state index contributed by atoms with van der Waals surface area (Å²) in [5.74, 6) is 0.792. The summed E-state index contributed by atoms with van der Waals surface area (Å²) in [6.45, 7) is 8.60. The van der Waals surface area contributed by atoms with Crippen LogP contribution in [0, 0.1) is 11.8 Å². The van der Waals surface area contributed by atoms with Crippen LogP contribution in [0.3, 0.4) is 0 Å². The minimum Gasteiger partial charge on any atom is -0.396 e. The highest BCUT2D eigenvalue weighted by Crippen LogP contribution is 2.42. The van der Waals surface area contributed by atoms with Gasteiger partial charge in [0.15, 0.2) is 5.79 Å². The Morgan fingerprint density at radius 3 is 2.82 bits per heavy atom. The summed E-state index contributed by atoms with van der Waals surface area (Å²) < 4.78 is 12.9. The predicted octanol–water partition coefficient (Wildman–Crippen LogP) is 4.44. The summed E-state index contributed by atoms with van der Waals surface area (Å²) in [5, 5.41) is 9.08. The number of allylic oxidation sites excluding steroid dienone is 1. The van der Waals surface area contributed by atoms with E-state index in [-0.39, 0.29) is 18.5 Å². The van der Waals surface area contributed by atoms with Crippen LogP contribution in [0.5, 0.6) is 0 Å². The molecule has 0 bridgehead atoms. The van der Waals surface area contributed by atoms with E-state index in [9.17, 15) is 0 Å². The summed E-state index contributed by atoms with van der Waals surface area (Å²) in [7, 11) is 0. The second kappa shape index (κ2) is 8.47. The molecule has 2 heterocycles. The molecular weight excluding hydrogens is 276 g/mol. The molecule has 2 unspecified atom stereocenters. The molecule has 3 nitrogen and oxygen atoms in total. The number of hydrogen-bond acceptors (Lipinski definition) is 3. The Labute approximate surface area is 136 Å². The first-order valence-corrected chi connectivity index (χ1v) is 9.17. The highest BCUT2D eigenvalue weighted by Gasteiger charge is 2.44. The summed E-state index contributed by atoms with van der Waals surface area (Å²) in [4.78, 5) is 0. The molecular formula is C19H34O3. The fourth-order valence-corrected chi connectivity index (χ4v) is 3.78. The van der Waals surface area contributed by atoms with Crippen molar-refractivity contribution in [2.75, 3.05) is 6.61 Å². The molecule has 3 heteroatoms. The van der Waals surface area contributed by atoms with Crippen molar-refractivity contribution in [1.82, 2.24) is 0 Å². The fraction of sp³-hybridized carbons (Fsp3) is 0.895. The first-order valence-electron chi connectivity index (χ1n) is 9.17. The van der Waals surface area contributed by atoms with Gasteiger partial charge >= 0.3 is 0 Å². The zero-order valence-electron chi connectivity index (χ0n) is 14.4. The maximum Gasteiger partial charge on any atom is 0.169 e. The molecule has 0 aromatic rings. The number of ether oxygens (including phenoxy) is 2. The van der Waals surface area contributed by atoms with E-state index in [0.29, 0.717) is 17.9 Å². The molecule has 0 saturated carbocycles. The van der Waals surface area contributed by atoms with Crippen molar-refractivity contribution in [3.63, 3.8) is 0 Å². The van der Waals surface area contributed by atoms with Crippen LogP contribution in [-0.4, -0.2) is 29.7 Å². The molecule has 2 aliphatic rings. The fourth-order valence-electron chi connectivity index (χ4n) is 3.78. The van der Waals surface area contributed by atoms with Crippen molar-refractivity contribution in [3.8, 4) is 0 Å². The van der Waals surface area contributed by atoms with Crippen LogP contribution in [-0.2, 0) is 9.47 Å². The van der Waals surface area contributed by atoms with Crippen LogP contribution in [0.1, 0.15) is 71.6 Å². The van der Waals surface area contributed by atoms with Gasteiger partial charge in [-0.05, 0) is 56.8 Å². The van der Waals surface area contributed by atoms with Gasteiger partial charge in [0.05, 0.1) is 12.2 Å². The topological polar surface area (TPSA) is 38.7 Å². The minimum absolute atomic E-state index is 0.242. The van der Waals surface area contributed by atoms with Gasteiger partial charge in [-0.3, -0.25) is 0 Å². The van der Waals surface area contributed by atoms with Gasteiger partial charge in [0.25, 0.3) is 0 Å². The average Bonchev–Trinajstić information content (AvgIpc) is 2.54. The zero-order chi connectivity index (χ0) is 16.0. The van der Waals surface area contributed by atoms with Crippen LogP contribution < -0.4 is 0 Å². The number of hydrogen-bond donors (Lipinski definition) is 1. The van der Waals surface area contributed by atoms with Gasteiger partial charge in [-0.25, -0.2) is 0 Å². The molecule has 5 atom stereocenters. The number of rotatable bonds is 7. The normalized spacial score (nSPS) is 37.1. The maximum absolute atomic E-state index is 9.08. The number of aliphatic hydroxyl groups excluding tert-OH is 1. The van der Waals surface area contributed by atoms with E-state index in [0.717, 1.165) is 44.9 Å². The van der Waals surface area contributed by atoms with Crippen LogP contribution in [0.25, 0.3) is 0 Å². The van der Waals surface area contributed by atoms with Crippen LogP contribution in [0.15, 0.2) is 12.7 Å². The Kier molecular flexibility index (Phi) is 6.91. The van der Waals surface area contributed by atoms with Gasteiger partial charge < -0.3 is 14.6 Å². The van der Waals surface area contributed by atoms with Crippen LogP contribution in [0.2, 0.25) is 0 Å². The summed E-state index contributed by atoms with van der Waals surface area (Å²) in [6, 6.07) is 0. The third-order valence-corrected chi connectivity index (χ3v) is 5.44. The lowest BCUT2D eigenvalue weighted by Crippen LogP contribution is -2.50. The van der Waals surface area contributed by atoms with Crippen molar-refractivity contribution in [1.29, 1.82) is 0 Å². The molecule has 128 valence electrons. The minimum atomic E-state index is -0.340. The molecule has 0 aliphatic carbocycles. The van der Waals surface area contributed by atoms with E-state index < -0.39 is 0 Å². The van der Waals surface area contributed by atoms with Crippen LogP contribution in [0.4, 0.5) is 0 Å². The standard InChI is InChI=1S/C19H34O3/c1-4-15(2)9-10-17-7-5-12-19(21-17)13-11-16(3)18(22-19)8-6-14-20/h4,15-18,20H,1,5-14H2,2-3H3/t15-,16?,17+,18-,19?/m1/s1. The summed E-state index contributed by atoms with van der Waals surface area (Å²) >= 11 is 0. The first-order chi connectivity index (χ1) is 10.6. The van der Waals surface area contributed by atoms with Gasteiger partial charge in [0.1, 0.15) is 0 Å². The van der Waals surface area contributed by atoms with Crippen molar-refractivity contribution in [2.24, 2.45) is 11.8 Å². The molecule has 0 aromatic carbocycles. The molecule has 2 fully saturated rings. The SMILES string of the molecule is C=C[C@@H](C)CC[C@@H]1CCCC2(CCC(C)[C@@H](CCCO)O2)O1. The maximum atomic E-state index is 9.08. The van der Waals surface area contributed by atoms with E-state index in [1.807, 2.05) is 6.08 Å². The Hall–Kier alpha value is -0.380. The van der Waals surface area contributed by atoms with E-state index in [1.54, 1.807) is 0 Å². The van der Waals surface area contributed by atoms with E-state index in [4.69, 9.17) is 14.6 Å². The smallest absolute Gasteiger partial charge is 0.169 e. The van der Waals surface area contributed by atoms with Crippen molar-refractivity contribution in [2.45, 2.75) is 89.6 Å². The summed E-state index contributed by atoms with van der Waals surface area (Å²) in [6.07, 6.45) is 12.2. The van der Waals surface area contributed by atoms with Crippen molar-refractivity contribution in [3.05, 3.63) is 12.7 Å². The van der Waals surface area contributed by atoms with E-state index >= 15 is 0 Å². The quantitative estimate of drug-likeness (QED) is 0.706. The molecule has 1 spiro atoms. The lowest BCUT2D eigenvalue weighted by atomic mass is 9.85. The molecule has 1 N–H and O–H groups in total. The third kappa shape index (κ3) is 4.81. The van der Waals surface area contributed by atoms with Gasteiger partial charge in [0, 0.05) is 19.4 Å². The molecule has 0 radical (unpaired) electrons. The first kappa shape index (κ1) is 18.0. The highest BCUT2D eigenvalue weighted by atomic mass is 16.7. The highest BCUT2D eigenvalue weighted by molar-refractivity contribution is 4.87. The lowest BCUT2D eigenvalue weighted by molar-refractivity contribution is -0.324. The van der Waals surface area contributed by atoms with E-state index in [2.05, 4.69) is 20.4 Å². The second-order valence-electron chi connectivity index (χ2n) is 7.37. The zero-order valence-corrected chi connectivity index (χ0v) is 14.4. The monoisotopic (exact) mass is 310 g/mol. The van der Waals surface area contributed by atoms with Gasteiger partial charge in [0.2, 0.25) is 0 Å². The Morgan fingerprint density at radius 2 is 2.09 bits per heavy atom. The largest absolute Gasteiger partial charge is 0.396 e. The lowest BCUT2D eigenvalue weighted by Gasteiger charge is -2.48. The van der Waals surface area contributed by atoms with E-state index in [1.165, 1.54) is 12.8 Å². The van der Waals surface area contributed by atoms with Gasteiger partial charge in [-0.1, -0.05) is 19.9 Å². The molecule has 2 aliphatic heterocycles. The molecule has 2 saturated heterocycles. The molecule has 0 amide bonds. The number of aliphatic hydroxyl groups is 1.